The number of hydrogen-bond donors (Lipinski definition) is 2. The van der Waals surface area contributed by atoms with Crippen LogP contribution in [0.25, 0.3) is 0 Å². The molecule has 0 unspecified atom stereocenters. The molecule has 1 aromatic rings. The van der Waals surface area contributed by atoms with Gasteiger partial charge in [0.05, 0.1) is 5.60 Å². The first-order chi connectivity index (χ1) is 11.7. The van der Waals surface area contributed by atoms with E-state index in [0.717, 1.165) is 31.6 Å². The van der Waals surface area contributed by atoms with Crippen LogP contribution in [0.3, 0.4) is 0 Å². The monoisotopic (exact) mass is 331 g/mol. The van der Waals surface area contributed by atoms with Crippen molar-refractivity contribution in [2.75, 3.05) is 25.1 Å². The minimum absolute atomic E-state index is 0.0658. The van der Waals surface area contributed by atoms with Gasteiger partial charge >= 0.3 is 0 Å². The minimum Gasteiger partial charge on any atom is -0.378 e. The number of methoxy groups -OCH3 is 1. The number of ether oxygens (including phenoxy) is 1. The molecule has 0 radical (unpaired) electrons. The molecular weight excluding hydrogens is 302 g/mol. The first-order valence-electron chi connectivity index (χ1n) is 9.09. The number of nitrogens with zero attached hydrogens (tertiary/aromatic N) is 1. The molecule has 0 spiro atoms. The van der Waals surface area contributed by atoms with Crippen LogP contribution in [-0.4, -0.2) is 31.7 Å². The van der Waals surface area contributed by atoms with Crippen LogP contribution in [0.15, 0.2) is 24.3 Å². The third-order valence-electron chi connectivity index (χ3n) is 5.99. The lowest BCUT2D eigenvalue weighted by Crippen LogP contribution is -2.50. The number of carbonyl (C=O) groups is 1. The molecule has 24 heavy (non-hydrogen) atoms. The Balaban J connectivity index is 1.64. The van der Waals surface area contributed by atoms with Crippen LogP contribution in [0, 0.1) is 5.92 Å². The fourth-order valence-electron chi connectivity index (χ4n) is 4.46. The molecule has 5 nitrogen and oxygen atoms in total. The Labute approximate surface area is 144 Å². The lowest BCUT2D eigenvalue weighted by Gasteiger charge is -2.47. The summed E-state index contributed by atoms with van der Waals surface area (Å²) in [5.74, 6) is 5.64. The quantitative estimate of drug-likeness (QED) is 0.506. The molecule has 1 aromatic carbocycles. The van der Waals surface area contributed by atoms with Gasteiger partial charge in [-0.05, 0) is 55.9 Å². The summed E-state index contributed by atoms with van der Waals surface area (Å²) in [4.78, 5) is 13.9. The fraction of sp³-hybridized carbons (Fsp3) is 0.632. The number of rotatable bonds is 4. The molecule has 0 atom stereocenters. The summed E-state index contributed by atoms with van der Waals surface area (Å²) in [6.07, 6.45) is 8.88. The smallest absolute Gasteiger partial charge is 0.265 e. The molecule has 5 heteroatoms. The van der Waals surface area contributed by atoms with Crippen LogP contribution in [0.5, 0.6) is 0 Å². The highest BCUT2D eigenvalue weighted by Crippen LogP contribution is 2.42. The maximum Gasteiger partial charge on any atom is 0.265 e. The largest absolute Gasteiger partial charge is 0.378 e. The van der Waals surface area contributed by atoms with E-state index >= 15 is 0 Å². The number of benzene rings is 1. The molecule has 0 bridgehead atoms. The minimum atomic E-state index is -0.254. The Bertz CT molecular complexity index is 544. The Morgan fingerprint density at radius 3 is 2.33 bits per heavy atom. The van der Waals surface area contributed by atoms with Crippen molar-refractivity contribution in [2.45, 2.75) is 50.5 Å². The molecule has 1 amide bonds. The molecule has 0 aromatic heterocycles. The van der Waals surface area contributed by atoms with E-state index in [9.17, 15) is 4.79 Å². The predicted molar refractivity (Wildman–Crippen MR) is 95.9 cm³/mol. The zero-order valence-electron chi connectivity index (χ0n) is 14.6. The van der Waals surface area contributed by atoms with Crippen LogP contribution in [0.4, 0.5) is 5.69 Å². The topological polar surface area (TPSA) is 67.6 Å². The van der Waals surface area contributed by atoms with Gasteiger partial charge in [0.25, 0.3) is 5.91 Å². The number of amides is 1. The van der Waals surface area contributed by atoms with Crippen molar-refractivity contribution >= 4 is 11.6 Å². The summed E-state index contributed by atoms with van der Waals surface area (Å²) in [5.41, 5.74) is 3.99. The Morgan fingerprint density at radius 2 is 1.79 bits per heavy atom. The standard InChI is InChI=1S/C19H29N3O2/c1-24-19(16-5-3-2-4-6-16)11-13-22(14-12-19)17-9-7-15(8-10-17)18(23)21-20/h7-10,16H,2-6,11-14,20H2,1H3,(H,21,23). The summed E-state index contributed by atoms with van der Waals surface area (Å²) in [7, 11) is 1.89. The lowest BCUT2D eigenvalue weighted by atomic mass is 9.72. The molecule has 2 fully saturated rings. The van der Waals surface area contributed by atoms with Crippen molar-refractivity contribution in [3.63, 3.8) is 0 Å². The van der Waals surface area contributed by atoms with Gasteiger partial charge in [-0.1, -0.05) is 19.3 Å². The van der Waals surface area contributed by atoms with Gasteiger partial charge in [-0.3, -0.25) is 10.2 Å². The van der Waals surface area contributed by atoms with Gasteiger partial charge in [0.15, 0.2) is 0 Å². The number of hydrogen-bond acceptors (Lipinski definition) is 4. The van der Waals surface area contributed by atoms with Crippen molar-refractivity contribution in [3.8, 4) is 0 Å². The Hall–Kier alpha value is -1.59. The van der Waals surface area contributed by atoms with Gasteiger partial charge in [-0.15, -0.1) is 0 Å². The number of nitrogen functional groups attached to an aromatic ring is 1. The highest BCUT2D eigenvalue weighted by Gasteiger charge is 2.41. The number of nitrogens with one attached hydrogen (secondary N) is 1. The van der Waals surface area contributed by atoms with Crippen LogP contribution < -0.4 is 16.2 Å². The SMILES string of the molecule is COC1(C2CCCCC2)CCN(c2ccc(C(=O)NN)cc2)CC1. The van der Waals surface area contributed by atoms with E-state index < -0.39 is 0 Å². The molecule has 132 valence electrons. The zero-order valence-corrected chi connectivity index (χ0v) is 14.6. The fourth-order valence-corrected chi connectivity index (χ4v) is 4.46. The van der Waals surface area contributed by atoms with E-state index in [1.165, 1.54) is 32.1 Å². The molecule has 1 aliphatic carbocycles. The van der Waals surface area contributed by atoms with Crippen LogP contribution in [-0.2, 0) is 4.74 Å². The van der Waals surface area contributed by atoms with E-state index in [1.807, 2.05) is 31.4 Å². The van der Waals surface area contributed by atoms with Crippen molar-refractivity contribution < 1.29 is 9.53 Å². The third kappa shape index (κ3) is 3.42. The van der Waals surface area contributed by atoms with E-state index in [4.69, 9.17) is 10.6 Å². The summed E-state index contributed by atoms with van der Waals surface area (Å²) < 4.78 is 6.07. The first kappa shape index (κ1) is 17.2. The number of piperidine rings is 1. The third-order valence-corrected chi connectivity index (χ3v) is 5.99. The molecule has 1 heterocycles. The summed E-state index contributed by atoms with van der Waals surface area (Å²) in [6, 6.07) is 7.67. The molecular formula is C19H29N3O2. The van der Waals surface area contributed by atoms with Gasteiger partial charge in [0.1, 0.15) is 0 Å². The second kappa shape index (κ2) is 7.53. The lowest BCUT2D eigenvalue weighted by molar-refractivity contribution is -0.0856. The second-order valence-electron chi connectivity index (χ2n) is 7.11. The average Bonchev–Trinajstić information content (AvgIpc) is 2.68. The number of carbonyl (C=O) groups excluding carboxylic acids is 1. The van der Waals surface area contributed by atoms with Gasteiger partial charge in [-0.2, -0.15) is 0 Å². The van der Waals surface area contributed by atoms with E-state index in [0.29, 0.717) is 11.5 Å². The van der Waals surface area contributed by atoms with Crippen molar-refractivity contribution in [2.24, 2.45) is 11.8 Å². The normalized spacial score (nSPS) is 21.5. The highest BCUT2D eigenvalue weighted by atomic mass is 16.5. The molecule has 1 saturated heterocycles. The van der Waals surface area contributed by atoms with Gasteiger partial charge in [0.2, 0.25) is 0 Å². The number of hydrazine groups is 1. The second-order valence-corrected chi connectivity index (χ2v) is 7.11. The summed E-state index contributed by atoms with van der Waals surface area (Å²) in [6.45, 7) is 2.01. The zero-order chi connectivity index (χ0) is 17.0. The summed E-state index contributed by atoms with van der Waals surface area (Å²) in [5, 5.41) is 0. The maximum atomic E-state index is 11.5. The van der Waals surface area contributed by atoms with Crippen LogP contribution >= 0.6 is 0 Å². The number of anilines is 1. The van der Waals surface area contributed by atoms with Gasteiger partial charge in [0, 0.05) is 31.5 Å². The first-order valence-corrected chi connectivity index (χ1v) is 9.09. The molecule has 1 aliphatic heterocycles. The molecule has 1 saturated carbocycles. The van der Waals surface area contributed by atoms with Crippen LogP contribution in [0.1, 0.15) is 55.3 Å². The maximum absolute atomic E-state index is 11.5. The Morgan fingerprint density at radius 1 is 1.17 bits per heavy atom. The van der Waals surface area contributed by atoms with E-state index in [2.05, 4.69) is 10.3 Å². The Kier molecular flexibility index (Phi) is 5.41. The van der Waals surface area contributed by atoms with Crippen molar-refractivity contribution in [1.29, 1.82) is 0 Å². The highest BCUT2D eigenvalue weighted by molar-refractivity contribution is 5.94. The number of nitrogens with two attached hydrogens (primary N) is 1. The van der Waals surface area contributed by atoms with Gasteiger partial charge in [-0.25, -0.2) is 5.84 Å². The predicted octanol–water partition coefficient (Wildman–Crippen LogP) is 2.86. The van der Waals surface area contributed by atoms with Crippen molar-refractivity contribution in [1.82, 2.24) is 5.43 Å². The van der Waals surface area contributed by atoms with E-state index in [1.54, 1.807) is 0 Å². The molecule has 2 aliphatic rings. The van der Waals surface area contributed by atoms with Crippen molar-refractivity contribution in [3.05, 3.63) is 29.8 Å². The molecule has 3 rings (SSSR count). The average molecular weight is 331 g/mol. The summed E-state index contributed by atoms with van der Waals surface area (Å²) >= 11 is 0. The molecule has 3 N–H and O–H groups in total. The van der Waals surface area contributed by atoms with Gasteiger partial charge < -0.3 is 9.64 Å². The van der Waals surface area contributed by atoms with Crippen LogP contribution in [0.2, 0.25) is 0 Å². The van der Waals surface area contributed by atoms with E-state index in [-0.39, 0.29) is 11.5 Å².